The summed E-state index contributed by atoms with van der Waals surface area (Å²) in [5.74, 6) is 0. The molecule has 0 fully saturated rings. The van der Waals surface area contributed by atoms with Crippen LogP contribution in [0.5, 0.6) is 0 Å². The van der Waals surface area contributed by atoms with Crippen molar-refractivity contribution in [3.05, 3.63) is 72.9 Å². The smallest absolute Gasteiger partial charge is 0.199 e. The lowest BCUT2D eigenvalue weighted by molar-refractivity contribution is 0.583. The molecule has 4 nitrogen and oxygen atoms in total. The van der Waals surface area contributed by atoms with Gasteiger partial charge in [-0.15, -0.1) is 0 Å². The summed E-state index contributed by atoms with van der Waals surface area (Å²) >= 11 is 0. The van der Waals surface area contributed by atoms with E-state index in [1.54, 1.807) is 30.5 Å². The van der Waals surface area contributed by atoms with Gasteiger partial charge in [0.05, 0.1) is 16.6 Å². The first-order valence-corrected chi connectivity index (χ1v) is 8.28. The summed E-state index contributed by atoms with van der Waals surface area (Å²) in [6.07, 6.45) is 1.57. The van der Waals surface area contributed by atoms with Gasteiger partial charge in [0, 0.05) is 10.8 Å². The van der Waals surface area contributed by atoms with Gasteiger partial charge in [-0.3, -0.25) is 0 Å². The molecule has 0 unspecified atom stereocenters. The Bertz CT molecular complexity index is 1090. The highest BCUT2D eigenvalue weighted by Gasteiger charge is 2.22. The van der Waals surface area contributed by atoms with Crippen molar-refractivity contribution in [2.24, 2.45) is 0 Å². The fourth-order valence-electron chi connectivity index (χ4n) is 2.65. The molecule has 0 aliphatic carbocycles. The van der Waals surface area contributed by atoms with Crippen LogP contribution in [0.4, 0.5) is 0 Å². The molecule has 0 aliphatic heterocycles. The molecule has 0 atom stereocenters. The second-order valence-corrected chi connectivity index (χ2v) is 6.76. The Morgan fingerprint density at radius 3 is 2.32 bits per heavy atom. The maximum Gasteiger partial charge on any atom is 0.284 e. The average molecular weight is 308 g/mol. The van der Waals surface area contributed by atoms with Crippen molar-refractivity contribution in [1.29, 1.82) is 0 Å². The van der Waals surface area contributed by atoms with Crippen molar-refractivity contribution in [3.8, 4) is 0 Å². The number of para-hydroxylation sites is 1. The lowest BCUT2D eigenvalue weighted by Gasteiger charge is -2.09. The van der Waals surface area contributed by atoms with E-state index in [0.29, 0.717) is 10.9 Å². The van der Waals surface area contributed by atoms with E-state index in [1.807, 2.05) is 42.5 Å². The van der Waals surface area contributed by atoms with Crippen molar-refractivity contribution < 1.29 is 8.42 Å². The highest BCUT2D eigenvalue weighted by Crippen LogP contribution is 2.26. The topological polar surface area (TPSA) is 52.0 Å². The molecule has 22 heavy (non-hydrogen) atoms. The Morgan fingerprint density at radius 1 is 0.773 bits per heavy atom. The van der Waals surface area contributed by atoms with Crippen LogP contribution in [0.25, 0.3) is 21.7 Å². The van der Waals surface area contributed by atoms with E-state index in [9.17, 15) is 8.42 Å². The zero-order valence-corrected chi connectivity index (χ0v) is 12.4. The molecule has 3 aromatic carbocycles. The van der Waals surface area contributed by atoms with E-state index in [4.69, 9.17) is 0 Å². The van der Waals surface area contributed by atoms with Crippen molar-refractivity contribution in [2.75, 3.05) is 0 Å². The molecular formula is C17H12N2O2S. The van der Waals surface area contributed by atoms with Crippen molar-refractivity contribution in [2.45, 2.75) is 4.90 Å². The lowest BCUT2D eigenvalue weighted by Crippen LogP contribution is -2.14. The Labute approximate surface area is 127 Å². The average Bonchev–Trinajstić information content (AvgIpc) is 2.99. The van der Waals surface area contributed by atoms with Gasteiger partial charge in [-0.1, -0.05) is 54.6 Å². The molecule has 1 heterocycles. The number of fused-ring (bicyclic) bond motifs is 2. The van der Waals surface area contributed by atoms with Crippen LogP contribution in [0, 0.1) is 0 Å². The first-order valence-electron chi connectivity index (χ1n) is 6.84. The van der Waals surface area contributed by atoms with Gasteiger partial charge < -0.3 is 0 Å². The van der Waals surface area contributed by atoms with Crippen LogP contribution < -0.4 is 0 Å². The van der Waals surface area contributed by atoms with E-state index < -0.39 is 10.0 Å². The number of aromatic nitrogens is 2. The number of hydrogen-bond acceptors (Lipinski definition) is 3. The van der Waals surface area contributed by atoms with Crippen LogP contribution in [-0.4, -0.2) is 17.6 Å². The lowest BCUT2D eigenvalue weighted by atomic mass is 10.1. The van der Waals surface area contributed by atoms with E-state index in [-0.39, 0.29) is 4.90 Å². The van der Waals surface area contributed by atoms with Gasteiger partial charge in [-0.25, -0.2) is 0 Å². The second-order valence-electron chi connectivity index (χ2n) is 5.03. The van der Waals surface area contributed by atoms with Gasteiger partial charge in [0.15, 0.2) is 0 Å². The minimum absolute atomic E-state index is 0.263. The molecule has 0 saturated heterocycles. The SMILES string of the molecule is O=S(=O)(c1cccc2ccccc12)n1ncc2ccccc21. The van der Waals surface area contributed by atoms with Gasteiger partial charge >= 0.3 is 0 Å². The van der Waals surface area contributed by atoms with Gasteiger partial charge in [0.25, 0.3) is 10.0 Å². The third-order valence-electron chi connectivity index (χ3n) is 3.70. The van der Waals surface area contributed by atoms with Gasteiger partial charge in [0.1, 0.15) is 0 Å². The first kappa shape index (κ1) is 13.0. The molecule has 108 valence electrons. The monoisotopic (exact) mass is 308 g/mol. The molecule has 0 bridgehead atoms. The molecule has 4 rings (SSSR count). The second kappa shape index (κ2) is 4.68. The van der Waals surface area contributed by atoms with Crippen molar-refractivity contribution in [1.82, 2.24) is 9.19 Å². The summed E-state index contributed by atoms with van der Waals surface area (Å²) in [6, 6.07) is 20.0. The van der Waals surface area contributed by atoms with E-state index in [2.05, 4.69) is 5.10 Å². The van der Waals surface area contributed by atoms with E-state index in [0.717, 1.165) is 14.9 Å². The van der Waals surface area contributed by atoms with Crippen molar-refractivity contribution >= 4 is 31.7 Å². The van der Waals surface area contributed by atoms with Gasteiger partial charge in [0.2, 0.25) is 0 Å². The maximum atomic E-state index is 13.0. The van der Waals surface area contributed by atoms with Gasteiger partial charge in [-0.05, 0) is 17.5 Å². The number of hydrogen-bond donors (Lipinski definition) is 0. The molecule has 0 aliphatic rings. The fraction of sp³-hybridized carbons (Fsp3) is 0. The van der Waals surface area contributed by atoms with Crippen LogP contribution >= 0.6 is 0 Å². The molecule has 0 radical (unpaired) electrons. The van der Waals surface area contributed by atoms with Crippen molar-refractivity contribution in [3.63, 3.8) is 0 Å². The predicted octanol–water partition coefficient (Wildman–Crippen LogP) is 3.43. The Hall–Kier alpha value is -2.66. The molecule has 5 heteroatoms. The molecule has 0 saturated carbocycles. The third kappa shape index (κ3) is 1.83. The Morgan fingerprint density at radius 2 is 1.45 bits per heavy atom. The highest BCUT2D eigenvalue weighted by molar-refractivity contribution is 7.90. The fourth-order valence-corrected chi connectivity index (χ4v) is 4.15. The standard InChI is InChI=1S/C17H12N2O2S/c20-22(21,19-16-10-4-2-7-14(16)12-18-19)17-11-5-8-13-6-1-3-9-15(13)17/h1-12H. The molecular weight excluding hydrogens is 296 g/mol. The quantitative estimate of drug-likeness (QED) is 0.570. The van der Waals surface area contributed by atoms with Crippen LogP contribution in [0.1, 0.15) is 0 Å². The van der Waals surface area contributed by atoms with Crippen LogP contribution in [0.2, 0.25) is 0 Å². The normalized spacial score (nSPS) is 12.0. The largest absolute Gasteiger partial charge is 0.284 e. The molecule has 0 N–H and O–H groups in total. The molecule has 1 aromatic heterocycles. The predicted molar refractivity (Wildman–Crippen MR) is 86.3 cm³/mol. The minimum Gasteiger partial charge on any atom is -0.199 e. The first-order chi connectivity index (χ1) is 10.7. The molecule has 0 amide bonds. The Kier molecular flexibility index (Phi) is 2.77. The summed E-state index contributed by atoms with van der Waals surface area (Å²) in [6.45, 7) is 0. The Balaban J connectivity index is 2.05. The minimum atomic E-state index is -3.74. The summed E-state index contributed by atoms with van der Waals surface area (Å²) in [5.41, 5.74) is 0.579. The van der Waals surface area contributed by atoms with E-state index >= 15 is 0 Å². The third-order valence-corrected chi connectivity index (χ3v) is 5.36. The number of rotatable bonds is 2. The van der Waals surface area contributed by atoms with Gasteiger partial charge in [-0.2, -0.15) is 17.6 Å². The van der Waals surface area contributed by atoms with Crippen LogP contribution in [0.15, 0.2) is 77.8 Å². The molecule has 4 aromatic rings. The highest BCUT2D eigenvalue weighted by atomic mass is 32.2. The van der Waals surface area contributed by atoms with Crippen LogP contribution in [0.3, 0.4) is 0 Å². The van der Waals surface area contributed by atoms with Crippen LogP contribution in [-0.2, 0) is 10.0 Å². The zero-order valence-electron chi connectivity index (χ0n) is 11.5. The summed E-state index contributed by atoms with van der Waals surface area (Å²) in [7, 11) is -3.74. The maximum absolute atomic E-state index is 13.0. The zero-order chi connectivity index (χ0) is 15.2. The number of benzene rings is 3. The van der Waals surface area contributed by atoms with E-state index in [1.165, 1.54) is 0 Å². The summed E-state index contributed by atoms with van der Waals surface area (Å²) in [4.78, 5) is 0.263. The number of nitrogens with zero attached hydrogens (tertiary/aromatic N) is 2. The summed E-state index contributed by atoms with van der Waals surface area (Å²) < 4.78 is 27.1. The molecule has 0 spiro atoms. The summed E-state index contributed by atoms with van der Waals surface area (Å²) in [5, 5.41) is 6.46.